The first-order valence-electron chi connectivity index (χ1n) is 10.2. The molecule has 7 nitrogen and oxygen atoms in total. The number of carbonyl (C=O) groups excluding carboxylic acids is 1. The molecule has 0 bridgehead atoms. The summed E-state index contributed by atoms with van der Waals surface area (Å²) in [6, 6.07) is 17.7. The molecule has 168 valence electrons. The van der Waals surface area contributed by atoms with Crippen LogP contribution in [0.1, 0.15) is 28.4 Å². The molecule has 2 aromatic heterocycles. The van der Waals surface area contributed by atoms with Crippen LogP contribution in [-0.2, 0) is 22.1 Å². The molecule has 4 aromatic rings. The fourth-order valence-corrected chi connectivity index (χ4v) is 4.56. The Bertz CT molecular complexity index is 1240. The Morgan fingerprint density at radius 1 is 1.12 bits per heavy atom. The minimum Gasteiger partial charge on any atom is -0.443 e. The molecule has 1 amide bonds. The molecular formula is C24H20IN3O4S. The van der Waals surface area contributed by atoms with Crippen LogP contribution in [0.15, 0.2) is 76.7 Å². The number of benzene rings is 2. The van der Waals surface area contributed by atoms with Crippen molar-refractivity contribution in [3.05, 3.63) is 105 Å². The highest BCUT2D eigenvalue weighted by Gasteiger charge is 2.21. The Morgan fingerprint density at radius 2 is 1.91 bits per heavy atom. The molecule has 0 aliphatic rings. The zero-order valence-electron chi connectivity index (χ0n) is 17.4. The van der Waals surface area contributed by atoms with Crippen molar-refractivity contribution in [1.82, 2.24) is 10.3 Å². The highest BCUT2D eigenvalue weighted by molar-refractivity contribution is 14.1. The lowest BCUT2D eigenvalue weighted by atomic mass is 10.0. The molecule has 0 aliphatic heterocycles. The van der Waals surface area contributed by atoms with Gasteiger partial charge in [-0.25, -0.2) is 4.98 Å². The van der Waals surface area contributed by atoms with E-state index in [-0.39, 0.29) is 18.0 Å². The highest BCUT2D eigenvalue weighted by atomic mass is 127. The van der Waals surface area contributed by atoms with Gasteiger partial charge in [0.2, 0.25) is 11.8 Å². The summed E-state index contributed by atoms with van der Waals surface area (Å²) >= 11 is 3.82. The molecular weight excluding hydrogens is 553 g/mol. The second kappa shape index (κ2) is 10.7. The lowest BCUT2D eigenvalue weighted by Gasteiger charge is -2.17. The van der Waals surface area contributed by atoms with E-state index in [1.54, 1.807) is 18.4 Å². The number of aromatic nitrogens is 1. The van der Waals surface area contributed by atoms with Crippen LogP contribution in [0.3, 0.4) is 0 Å². The molecule has 1 N–H and O–H groups in total. The predicted molar refractivity (Wildman–Crippen MR) is 135 cm³/mol. The van der Waals surface area contributed by atoms with Crippen LogP contribution in [0.4, 0.5) is 5.69 Å². The van der Waals surface area contributed by atoms with Gasteiger partial charge in [-0.2, -0.15) is 0 Å². The summed E-state index contributed by atoms with van der Waals surface area (Å²) in [5.74, 6) is 0.367. The maximum Gasteiger partial charge on any atom is 0.269 e. The number of hydrogen-bond acceptors (Lipinski definition) is 6. The molecule has 0 spiro atoms. The number of oxazole rings is 1. The van der Waals surface area contributed by atoms with Crippen molar-refractivity contribution in [3.63, 3.8) is 0 Å². The molecule has 33 heavy (non-hydrogen) atoms. The Hall–Kier alpha value is -3.05. The maximum atomic E-state index is 12.9. The zero-order valence-corrected chi connectivity index (χ0v) is 20.4. The zero-order chi connectivity index (χ0) is 23.2. The van der Waals surface area contributed by atoms with Crippen LogP contribution in [0.25, 0.3) is 10.8 Å². The summed E-state index contributed by atoms with van der Waals surface area (Å²) in [7, 11) is 0. The van der Waals surface area contributed by atoms with E-state index < -0.39 is 11.0 Å². The maximum absolute atomic E-state index is 12.9. The number of amides is 1. The van der Waals surface area contributed by atoms with Crippen LogP contribution in [0.5, 0.6) is 0 Å². The van der Waals surface area contributed by atoms with Crippen molar-refractivity contribution in [2.75, 3.05) is 0 Å². The number of carbonyl (C=O) groups is 1. The minimum absolute atomic E-state index is 0.0240. The molecule has 0 saturated heterocycles. The number of alkyl halides is 1. The van der Waals surface area contributed by atoms with Gasteiger partial charge in [0.25, 0.3) is 5.69 Å². The third-order valence-corrected chi connectivity index (χ3v) is 6.78. The van der Waals surface area contributed by atoms with Crippen molar-refractivity contribution in [3.8, 4) is 10.8 Å². The fourth-order valence-electron chi connectivity index (χ4n) is 3.43. The van der Waals surface area contributed by atoms with Crippen molar-refractivity contribution in [2.45, 2.75) is 23.3 Å². The van der Waals surface area contributed by atoms with Gasteiger partial charge in [0.05, 0.1) is 22.3 Å². The third kappa shape index (κ3) is 6.05. The summed E-state index contributed by atoms with van der Waals surface area (Å²) in [5, 5.41) is 16.0. The largest absolute Gasteiger partial charge is 0.443 e. The van der Waals surface area contributed by atoms with Gasteiger partial charge in [-0.3, -0.25) is 14.9 Å². The number of halogens is 1. The van der Waals surface area contributed by atoms with E-state index in [1.165, 1.54) is 29.0 Å². The number of hydrogen-bond donors (Lipinski definition) is 1. The molecule has 2 heterocycles. The van der Waals surface area contributed by atoms with E-state index in [1.807, 2.05) is 41.8 Å². The molecule has 9 heteroatoms. The average molecular weight is 573 g/mol. The highest BCUT2D eigenvalue weighted by Crippen LogP contribution is 2.27. The molecule has 0 aliphatic carbocycles. The van der Waals surface area contributed by atoms with Crippen LogP contribution in [-0.4, -0.2) is 15.8 Å². The van der Waals surface area contributed by atoms with Gasteiger partial charge in [-0.05, 0) is 34.6 Å². The number of nitrogens with zero attached hydrogens (tertiary/aromatic N) is 2. The van der Waals surface area contributed by atoms with Gasteiger partial charge >= 0.3 is 0 Å². The number of non-ortho nitro benzene ring substituents is 1. The first-order valence-corrected chi connectivity index (χ1v) is 12.6. The summed E-state index contributed by atoms with van der Waals surface area (Å²) < 4.78 is 6.54. The topological polar surface area (TPSA) is 98.3 Å². The predicted octanol–water partition coefficient (Wildman–Crippen LogP) is 5.89. The molecule has 1 atom stereocenters. The smallest absolute Gasteiger partial charge is 0.269 e. The van der Waals surface area contributed by atoms with Gasteiger partial charge < -0.3 is 9.73 Å². The fraction of sp³-hybridized carbons (Fsp3) is 0.167. The normalized spacial score (nSPS) is 11.8. The Balaban J connectivity index is 1.55. The Labute approximate surface area is 208 Å². The standard InChI is InChI=1S/C24H20IN3O4S/c25-14-18-4-1-3-17(11-18)13-23(29)26-20(12-16-6-8-19(9-7-16)28(30)31)21-15-32-24(27-21)22-5-2-10-33-22/h1-11,15,20H,12-14H2,(H,26,29)/t20-/m0/s1. The monoisotopic (exact) mass is 573 g/mol. The number of nitrogens with one attached hydrogen (secondary N) is 1. The second-order valence-corrected chi connectivity index (χ2v) is 9.14. The van der Waals surface area contributed by atoms with Crippen LogP contribution in [0.2, 0.25) is 0 Å². The van der Waals surface area contributed by atoms with E-state index >= 15 is 0 Å². The number of thiophene rings is 1. The van der Waals surface area contributed by atoms with E-state index in [4.69, 9.17) is 4.42 Å². The van der Waals surface area contributed by atoms with E-state index in [0.29, 0.717) is 18.0 Å². The average Bonchev–Trinajstić information content (AvgIpc) is 3.51. The van der Waals surface area contributed by atoms with Crippen molar-refractivity contribution in [2.24, 2.45) is 0 Å². The van der Waals surface area contributed by atoms with Gasteiger partial charge in [0.15, 0.2) is 0 Å². The van der Waals surface area contributed by atoms with Gasteiger partial charge in [0, 0.05) is 16.6 Å². The first-order chi connectivity index (χ1) is 16.0. The molecule has 0 unspecified atom stereocenters. The van der Waals surface area contributed by atoms with Crippen molar-refractivity contribution < 1.29 is 14.1 Å². The van der Waals surface area contributed by atoms with Crippen molar-refractivity contribution >= 4 is 45.5 Å². The van der Waals surface area contributed by atoms with Gasteiger partial charge in [-0.1, -0.05) is 65.1 Å². The second-order valence-electron chi connectivity index (χ2n) is 7.43. The van der Waals surface area contributed by atoms with Crippen LogP contribution >= 0.6 is 33.9 Å². The molecule has 0 saturated carbocycles. The molecule has 2 aromatic carbocycles. The van der Waals surface area contributed by atoms with Gasteiger partial charge in [-0.15, -0.1) is 11.3 Å². The Kier molecular flexibility index (Phi) is 7.50. The lowest BCUT2D eigenvalue weighted by molar-refractivity contribution is -0.384. The summed E-state index contributed by atoms with van der Waals surface area (Å²) in [6.07, 6.45) is 2.23. The summed E-state index contributed by atoms with van der Waals surface area (Å²) in [5.41, 5.74) is 3.58. The Morgan fingerprint density at radius 3 is 2.61 bits per heavy atom. The third-order valence-electron chi connectivity index (χ3n) is 5.04. The van der Waals surface area contributed by atoms with Crippen LogP contribution < -0.4 is 5.32 Å². The molecule has 4 rings (SSSR count). The first kappa shape index (κ1) is 23.1. The molecule has 0 fully saturated rings. The number of nitro benzene ring substituents is 1. The van der Waals surface area contributed by atoms with Crippen LogP contribution in [0, 0.1) is 10.1 Å². The number of nitro groups is 1. The summed E-state index contributed by atoms with van der Waals surface area (Å²) in [6.45, 7) is 0. The quantitative estimate of drug-likeness (QED) is 0.117. The van der Waals surface area contributed by atoms with E-state index in [9.17, 15) is 14.9 Å². The lowest BCUT2D eigenvalue weighted by Crippen LogP contribution is -2.31. The van der Waals surface area contributed by atoms with E-state index in [0.717, 1.165) is 20.4 Å². The summed E-state index contributed by atoms with van der Waals surface area (Å²) in [4.78, 5) is 28.9. The minimum atomic E-state index is -0.441. The van der Waals surface area contributed by atoms with E-state index in [2.05, 4.69) is 32.9 Å². The number of rotatable bonds is 9. The van der Waals surface area contributed by atoms with Crippen molar-refractivity contribution in [1.29, 1.82) is 0 Å². The molecule has 0 radical (unpaired) electrons. The SMILES string of the molecule is O=C(Cc1cccc(CI)c1)N[C@@H](Cc1ccc([N+](=O)[O-])cc1)c1coc(-c2cccs2)n1. The van der Waals surface area contributed by atoms with Gasteiger partial charge in [0.1, 0.15) is 12.0 Å².